The van der Waals surface area contributed by atoms with Crippen LogP contribution in [0, 0.1) is 0 Å². The number of para-hydroxylation sites is 1. The van der Waals surface area contributed by atoms with Crippen LogP contribution < -0.4 is 10.1 Å². The molecule has 0 bridgehead atoms. The third-order valence-electron chi connectivity index (χ3n) is 2.99. The van der Waals surface area contributed by atoms with Crippen LogP contribution in [-0.4, -0.2) is 36.1 Å². The molecule has 0 amide bonds. The Morgan fingerprint density at radius 1 is 1.39 bits per heavy atom. The second kappa shape index (κ2) is 6.73. The van der Waals surface area contributed by atoms with E-state index in [1.807, 2.05) is 24.3 Å². The molecule has 2 unspecified atom stereocenters. The molecule has 0 aliphatic heterocycles. The SMILES string of the molecule is CCC(NCC(C)(O)CO)c1ccccc1OC. The third-order valence-corrected chi connectivity index (χ3v) is 2.99. The van der Waals surface area contributed by atoms with Crippen LogP contribution >= 0.6 is 0 Å². The molecule has 0 saturated heterocycles. The molecule has 4 heteroatoms. The zero-order chi connectivity index (χ0) is 13.6. The Balaban J connectivity index is 2.77. The van der Waals surface area contributed by atoms with E-state index in [4.69, 9.17) is 9.84 Å². The largest absolute Gasteiger partial charge is 0.496 e. The molecule has 0 spiro atoms. The maximum absolute atomic E-state index is 9.80. The summed E-state index contributed by atoms with van der Waals surface area (Å²) in [6, 6.07) is 7.92. The van der Waals surface area contributed by atoms with Crippen LogP contribution in [-0.2, 0) is 0 Å². The van der Waals surface area contributed by atoms with Gasteiger partial charge in [-0.1, -0.05) is 25.1 Å². The number of benzene rings is 1. The zero-order valence-corrected chi connectivity index (χ0v) is 11.3. The first-order valence-electron chi connectivity index (χ1n) is 6.23. The van der Waals surface area contributed by atoms with E-state index in [9.17, 15) is 5.11 Å². The van der Waals surface area contributed by atoms with Gasteiger partial charge in [0.15, 0.2) is 0 Å². The maximum Gasteiger partial charge on any atom is 0.123 e. The van der Waals surface area contributed by atoms with Crippen LogP contribution in [0.25, 0.3) is 0 Å². The summed E-state index contributed by atoms with van der Waals surface area (Å²) in [6.45, 7) is 3.75. The highest BCUT2D eigenvalue weighted by molar-refractivity contribution is 5.35. The molecule has 0 saturated carbocycles. The van der Waals surface area contributed by atoms with Crippen molar-refractivity contribution in [3.05, 3.63) is 29.8 Å². The highest BCUT2D eigenvalue weighted by Gasteiger charge is 2.21. The lowest BCUT2D eigenvalue weighted by molar-refractivity contribution is 0.000545. The summed E-state index contributed by atoms with van der Waals surface area (Å²) in [5, 5.41) is 22.1. The molecule has 1 aromatic rings. The van der Waals surface area contributed by atoms with Gasteiger partial charge >= 0.3 is 0 Å². The predicted octanol–water partition coefficient (Wildman–Crippen LogP) is 1.48. The smallest absolute Gasteiger partial charge is 0.123 e. The van der Waals surface area contributed by atoms with Crippen molar-refractivity contribution in [3.8, 4) is 5.75 Å². The maximum atomic E-state index is 9.80. The predicted molar refractivity (Wildman–Crippen MR) is 71.7 cm³/mol. The van der Waals surface area contributed by atoms with Gasteiger partial charge in [-0.3, -0.25) is 0 Å². The summed E-state index contributed by atoms with van der Waals surface area (Å²) in [5.74, 6) is 0.834. The lowest BCUT2D eigenvalue weighted by Crippen LogP contribution is -2.42. The molecule has 0 aliphatic carbocycles. The van der Waals surface area contributed by atoms with Crippen LogP contribution in [0.15, 0.2) is 24.3 Å². The van der Waals surface area contributed by atoms with E-state index in [2.05, 4.69) is 12.2 Å². The Hall–Kier alpha value is -1.10. The first-order chi connectivity index (χ1) is 8.54. The van der Waals surface area contributed by atoms with Crippen molar-refractivity contribution in [2.24, 2.45) is 0 Å². The molecule has 0 heterocycles. The van der Waals surface area contributed by atoms with E-state index in [0.29, 0.717) is 6.54 Å². The minimum absolute atomic E-state index is 0.0965. The fourth-order valence-corrected chi connectivity index (χ4v) is 1.83. The Morgan fingerprint density at radius 2 is 2.06 bits per heavy atom. The van der Waals surface area contributed by atoms with Crippen molar-refractivity contribution in [2.75, 3.05) is 20.3 Å². The van der Waals surface area contributed by atoms with Crippen LogP contribution in [0.5, 0.6) is 5.75 Å². The quantitative estimate of drug-likeness (QED) is 0.689. The van der Waals surface area contributed by atoms with Gasteiger partial charge in [-0.15, -0.1) is 0 Å². The van der Waals surface area contributed by atoms with Crippen molar-refractivity contribution in [2.45, 2.75) is 31.9 Å². The molecule has 1 rings (SSSR count). The number of hydrogen-bond donors (Lipinski definition) is 3. The van der Waals surface area contributed by atoms with Gasteiger partial charge in [0.05, 0.1) is 19.3 Å². The molecule has 0 aromatic heterocycles. The molecule has 4 nitrogen and oxygen atoms in total. The second-order valence-corrected chi connectivity index (χ2v) is 4.74. The van der Waals surface area contributed by atoms with Crippen LogP contribution in [0.2, 0.25) is 0 Å². The number of ether oxygens (including phenoxy) is 1. The normalized spacial score (nSPS) is 16.1. The van der Waals surface area contributed by atoms with Crippen molar-refractivity contribution in [3.63, 3.8) is 0 Å². The molecule has 2 atom stereocenters. The lowest BCUT2D eigenvalue weighted by atomic mass is 10.0. The van der Waals surface area contributed by atoms with Gasteiger partial charge < -0.3 is 20.3 Å². The van der Waals surface area contributed by atoms with Gasteiger partial charge in [0.25, 0.3) is 0 Å². The summed E-state index contributed by atoms with van der Waals surface area (Å²) < 4.78 is 5.33. The van der Waals surface area contributed by atoms with Gasteiger partial charge in [0, 0.05) is 18.2 Å². The van der Waals surface area contributed by atoms with Gasteiger partial charge in [-0.25, -0.2) is 0 Å². The highest BCUT2D eigenvalue weighted by atomic mass is 16.5. The Labute approximate surface area is 109 Å². The number of aliphatic hydroxyl groups excluding tert-OH is 1. The standard InChI is InChI=1S/C14H23NO3/c1-4-12(15-9-14(2,17)10-16)11-7-5-6-8-13(11)18-3/h5-8,12,15-17H,4,9-10H2,1-3H3. The molecule has 18 heavy (non-hydrogen) atoms. The number of methoxy groups -OCH3 is 1. The van der Waals surface area contributed by atoms with E-state index in [1.54, 1.807) is 14.0 Å². The third kappa shape index (κ3) is 3.98. The molecule has 0 radical (unpaired) electrons. The van der Waals surface area contributed by atoms with Gasteiger partial charge in [-0.2, -0.15) is 0 Å². The van der Waals surface area contributed by atoms with Gasteiger partial charge in [0.2, 0.25) is 0 Å². The molecule has 3 N–H and O–H groups in total. The molecule has 0 aliphatic rings. The van der Waals surface area contributed by atoms with E-state index in [1.165, 1.54) is 0 Å². The number of nitrogens with one attached hydrogen (secondary N) is 1. The van der Waals surface area contributed by atoms with Crippen molar-refractivity contribution in [1.29, 1.82) is 0 Å². The lowest BCUT2D eigenvalue weighted by Gasteiger charge is -2.26. The van der Waals surface area contributed by atoms with E-state index in [0.717, 1.165) is 17.7 Å². The van der Waals surface area contributed by atoms with Crippen LogP contribution in [0.4, 0.5) is 0 Å². The monoisotopic (exact) mass is 253 g/mol. The summed E-state index contributed by atoms with van der Waals surface area (Å²) in [6.07, 6.45) is 0.877. The first kappa shape index (κ1) is 15.0. The fourth-order valence-electron chi connectivity index (χ4n) is 1.83. The first-order valence-corrected chi connectivity index (χ1v) is 6.23. The molecule has 102 valence electrons. The summed E-state index contributed by atoms with van der Waals surface area (Å²) in [5.41, 5.74) is -0.0358. The summed E-state index contributed by atoms with van der Waals surface area (Å²) in [7, 11) is 1.65. The fraction of sp³-hybridized carbons (Fsp3) is 0.571. The second-order valence-electron chi connectivity index (χ2n) is 4.74. The molecular weight excluding hydrogens is 230 g/mol. The van der Waals surface area contributed by atoms with E-state index >= 15 is 0 Å². The van der Waals surface area contributed by atoms with Crippen LogP contribution in [0.1, 0.15) is 31.9 Å². The average molecular weight is 253 g/mol. The van der Waals surface area contributed by atoms with Crippen LogP contribution in [0.3, 0.4) is 0 Å². The van der Waals surface area contributed by atoms with E-state index < -0.39 is 5.60 Å². The molecular formula is C14H23NO3. The Morgan fingerprint density at radius 3 is 2.61 bits per heavy atom. The number of rotatable bonds is 7. The highest BCUT2D eigenvalue weighted by Crippen LogP contribution is 2.26. The molecule has 1 aromatic carbocycles. The van der Waals surface area contributed by atoms with E-state index in [-0.39, 0.29) is 12.6 Å². The Bertz CT molecular complexity index is 366. The minimum Gasteiger partial charge on any atom is -0.496 e. The van der Waals surface area contributed by atoms with Crippen molar-refractivity contribution >= 4 is 0 Å². The minimum atomic E-state index is -1.10. The van der Waals surface area contributed by atoms with Crippen molar-refractivity contribution in [1.82, 2.24) is 5.32 Å². The number of aliphatic hydroxyl groups is 2. The number of hydrogen-bond acceptors (Lipinski definition) is 4. The van der Waals surface area contributed by atoms with Crippen molar-refractivity contribution < 1.29 is 14.9 Å². The summed E-state index contributed by atoms with van der Waals surface area (Å²) in [4.78, 5) is 0. The average Bonchev–Trinajstić information content (AvgIpc) is 2.40. The molecule has 0 fully saturated rings. The van der Waals surface area contributed by atoms with Gasteiger partial charge in [0.1, 0.15) is 5.75 Å². The topological polar surface area (TPSA) is 61.7 Å². The Kier molecular flexibility index (Phi) is 5.59. The zero-order valence-electron chi connectivity index (χ0n) is 11.3. The summed E-state index contributed by atoms with van der Waals surface area (Å²) >= 11 is 0. The van der Waals surface area contributed by atoms with Gasteiger partial charge in [-0.05, 0) is 19.4 Å².